The summed E-state index contributed by atoms with van der Waals surface area (Å²) in [6.45, 7) is 3.19. The molecule has 1 saturated heterocycles. The van der Waals surface area contributed by atoms with E-state index in [2.05, 4.69) is 19.9 Å². The fourth-order valence-electron chi connectivity index (χ4n) is 3.99. The zero-order valence-electron chi connectivity index (χ0n) is 16.6. The van der Waals surface area contributed by atoms with Crippen molar-refractivity contribution in [3.05, 3.63) is 66.4 Å². The first-order valence-electron chi connectivity index (χ1n) is 9.92. The molecular weight excluding hydrogens is 380 g/mol. The number of rotatable bonds is 3. The zero-order valence-corrected chi connectivity index (χ0v) is 16.6. The molecule has 0 bridgehead atoms. The predicted molar refractivity (Wildman–Crippen MR) is 113 cm³/mol. The lowest BCUT2D eigenvalue weighted by Crippen LogP contribution is -2.43. The first kappa shape index (κ1) is 18.5. The number of phenols is 1. The second-order valence-corrected chi connectivity index (χ2v) is 7.67. The molecule has 0 radical (unpaired) electrons. The van der Waals surface area contributed by atoms with Crippen LogP contribution in [0.5, 0.6) is 5.75 Å². The molecule has 1 aliphatic rings. The first-order chi connectivity index (χ1) is 14.5. The van der Waals surface area contributed by atoms with Gasteiger partial charge in [-0.2, -0.15) is 4.98 Å². The molecule has 1 aliphatic heterocycles. The quantitative estimate of drug-likeness (QED) is 0.543. The minimum atomic E-state index is -0.916. The van der Waals surface area contributed by atoms with Gasteiger partial charge >= 0.3 is 0 Å². The number of benzene rings is 1. The Balaban J connectivity index is 1.44. The standard InChI is InChI=1S/C22H22N6O2/c1-15-19-20(28(14-24-19)17-3-2-10-23-13-17)26-21(25-15)27-11-8-22(30,9-12-27)16-4-6-18(29)7-5-16/h2-7,10,13-14,29-30H,8-9,11-12H2,1H3. The zero-order chi connectivity index (χ0) is 20.7. The van der Waals surface area contributed by atoms with Gasteiger partial charge in [0.05, 0.1) is 23.2 Å². The molecule has 0 aliphatic carbocycles. The van der Waals surface area contributed by atoms with Crippen molar-refractivity contribution >= 4 is 17.1 Å². The molecule has 0 atom stereocenters. The Kier molecular flexibility index (Phi) is 4.36. The van der Waals surface area contributed by atoms with Crippen molar-refractivity contribution in [2.24, 2.45) is 0 Å². The van der Waals surface area contributed by atoms with Gasteiger partial charge in [0.25, 0.3) is 0 Å². The third-order valence-electron chi connectivity index (χ3n) is 5.76. The van der Waals surface area contributed by atoms with Gasteiger partial charge in [-0.25, -0.2) is 9.97 Å². The number of aromatic nitrogens is 5. The Bertz CT molecular complexity index is 1180. The molecule has 4 heterocycles. The molecule has 0 amide bonds. The van der Waals surface area contributed by atoms with E-state index in [-0.39, 0.29) is 5.75 Å². The summed E-state index contributed by atoms with van der Waals surface area (Å²) in [6, 6.07) is 10.6. The molecule has 2 N–H and O–H groups in total. The van der Waals surface area contributed by atoms with E-state index in [1.54, 1.807) is 43.0 Å². The van der Waals surface area contributed by atoms with Crippen LogP contribution in [0.4, 0.5) is 5.95 Å². The van der Waals surface area contributed by atoms with Gasteiger partial charge in [-0.3, -0.25) is 9.55 Å². The SMILES string of the molecule is Cc1nc(N2CCC(O)(c3ccc(O)cc3)CC2)nc2c1ncn2-c1cccnc1. The average Bonchev–Trinajstić information content (AvgIpc) is 3.20. The van der Waals surface area contributed by atoms with E-state index in [9.17, 15) is 10.2 Å². The number of imidazole rings is 1. The molecule has 1 aromatic carbocycles. The highest BCUT2D eigenvalue weighted by Crippen LogP contribution is 2.35. The summed E-state index contributed by atoms with van der Waals surface area (Å²) >= 11 is 0. The number of aromatic hydroxyl groups is 1. The van der Waals surface area contributed by atoms with E-state index in [4.69, 9.17) is 4.98 Å². The third kappa shape index (κ3) is 3.15. The van der Waals surface area contributed by atoms with Gasteiger partial charge in [0.15, 0.2) is 5.65 Å². The lowest BCUT2D eigenvalue weighted by atomic mass is 9.84. The van der Waals surface area contributed by atoms with E-state index >= 15 is 0 Å². The summed E-state index contributed by atoms with van der Waals surface area (Å²) in [5, 5.41) is 20.6. The number of fused-ring (bicyclic) bond motifs is 1. The molecule has 5 rings (SSSR count). The Labute approximate surface area is 173 Å². The summed E-state index contributed by atoms with van der Waals surface area (Å²) < 4.78 is 1.91. The van der Waals surface area contributed by atoms with Crippen LogP contribution >= 0.6 is 0 Å². The lowest BCUT2D eigenvalue weighted by Gasteiger charge is -2.38. The summed E-state index contributed by atoms with van der Waals surface area (Å²) in [5.41, 5.74) is 3.12. The van der Waals surface area contributed by atoms with Crippen molar-refractivity contribution in [1.29, 1.82) is 0 Å². The van der Waals surface area contributed by atoms with Gasteiger partial charge in [-0.1, -0.05) is 12.1 Å². The number of piperidine rings is 1. The Hall–Kier alpha value is -3.52. The van der Waals surface area contributed by atoms with E-state index in [1.807, 2.05) is 23.6 Å². The molecular formula is C22H22N6O2. The van der Waals surface area contributed by atoms with E-state index in [1.165, 1.54) is 0 Å². The highest BCUT2D eigenvalue weighted by atomic mass is 16.3. The van der Waals surface area contributed by atoms with Crippen LogP contribution in [-0.4, -0.2) is 47.8 Å². The van der Waals surface area contributed by atoms with Gasteiger partial charge in [-0.15, -0.1) is 0 Å². The number of hydrogen-bond acceptors (Lipinski definition) is 7. The molecule has 0 saturated carbocycles. The number of hydrogen-bond donors (Lipinski definition) is 2. The maximum atomic E-state index is 11.1. The van der Waals surface area contributed by atoms with Crippen molar-refractivity contribution < 1.29 is 10.2 Å². The first-order valence-corrected chi connectivity index (χ1v) is 9.92. The number of aryl methyl sites for hydroxylation is 1. The Morgan fingerprint density at radius 2 is 1.80 bits per heavy atom. The Morgan fingerprint density at radius 3 is 2.50 bits per heavy atom. The molecule has 0 unspecified atom stereocenters. The monoisotopic (exact) mass is 402 g/mol. The summed E-state index contributed by atoms with van der Waals surface area (Å²) in [7, 11) is 0. The molecule has 0 spiro atoms. The highest BCUT2D eigenvalue weighted by Gasteiger charge is 2.35. The number of phenolic OH excluding ortho intramolecular Hbond substituents is 1. The van der Waals surface area contributed by atoms with E-state index in [0.29, 0.717) is 31.9 Å². The van der Waals surface area contributed by atoms with Crippen molar-refractivity contribution in [3.8, 4) is 11.4 Å². The molecule has 8 nitrogen and oxygen atoms in total. The molecule has 3 aromatic heterocycles. The topological polar surface area (TPSA) is 100 Å². The minimum absolute atomic E-state index is 0.196. The predicted octanol–water partition coefficient (Wildman–Crippen LogP) is 2.71. The minimum Gasteiger partial charge on any atom is -0.508 e. The molecule has 4 aromatic rings. The smallest absolute Gasteiger partial charge is 0.227 e. The lowest BCUT2D eigenvalue weighted by molar-refractivity contribution is 0.0115. The summed E-state index contributed by atoms with van der Waals surface area (Å²) in [6.07, 6.45) is 6.36. The van der Waals surface area contributed by atoms with Crippen LogP contribution in [0.3, 0.4) is 0 Å². The molecule has 30 heavy (non-hydrogen) atoms. The maximum absolute atomic E-state index is 11.1. The van der Waals surface area contributed by atoms with Crippen LogP contribution in [0.25, 0.3) is 16.9 Å². The van der Waals surface area contributed by atoms with Crippen molar-refractivity contribution in [3.63, 3.8) is 0 Å². The summed E-state index contributed by atoms with van der Waals surface area (Å²) in [4.78, 5) is 20.2. The highest BCUT2D eigenvalue weighted by molar-refractivity contribution is 5.76. The normalized spacial score (nSPS) is 16.1. The third-order valence-corrected chi connectivity index (χ3v) is 5.76. The van der Waals surface area contributed by atoms with Crippen LogP contribution in [0, 0.1) is 6.92 Å². The fourth-order valence-corrected chi connectivity index (χ4v) is 3.99. The van der Waals surface area contributed by atoms with Crippen molar-refractivity contribution in [1.82, 2.24) is 24.5 Å². The van der Waals surface area contributed by atoms with Gasteiger partial charge < -0.3 is 15.1 Å². The van der Waals surface area contributed by atoms with Gasteiger partial charge in [0.1, 0.15) is 17.6 Å². The summed E-state index contributed by atoms with van der Waals surface area (Å²) in [5.74, 6) is 0.834. The maximum Gasteiger partial charge on any atom is 0.227 e. The number of aliphatic hydroxyl groups is 1. The van der Waals surface area contributed by atoms with Crippen LogP contribution in [0.2, 0.25) is 0 Å². The van der Waals surface area contributed by atoms with Crippen LogP contribution < -0.4 is 4.90 Å². The number of nitrogens with zero attached hydrogens (tertiary/aromatic N) is 6. The largest absolute Gasteiger partial charge is 0.508 e. The van der Waals surface area contributed by atoms with Crippen molar-refractivity contribution in [2.75, 3.05) is 18.0 Å². The van der Waals surface area contributed by atoms with Gasteiger partial charge in [-0.05, 0) is 49.6 Å². The molecule has 8 heteroatoms. The molecule has 152 valence electrons. The number of pyridine rings is 1. The van der Waals surface area contributed by atoms with Crippen LogP contribution in [-0.2, 0) is 5.60 Å². The van der Waals surface area contributed by atoms with Crippen LogP contribution in [0.15, 0.2) is 55.1 Å². The van der Waals surface area contributed by atoms with Gasteiger partial charge in [0.2, 0.25) is 5.95 Å². The van der Waals surface area contributed by atoms with Gasteiger partial charge in [0, 0.05) is 19.3 Å². The Morgan fingerprint density at radius 1 is 1.03 bits per heavy atom. The molecule has 1 fully saturated rings. The second-order valence-electron chi connectivity index (χ2n) is 7.67. The number of anilines is 1. The van der Waals surface area contributed by atoms with Crippen molar-refractivity contribution in [2.45, 2.75) is 25.4 Å². The van der Waals surface area contributed by atoms with Crippen LogP contribution in [0.1, 0.15) is 24.1 Å². The average molecular weight is 402 g/mol. The fraction of sp³-hybridized carbons (Fsp3) is 0.273. The van der Waals surface area contributed by atoms with E-state index in [0.717, 1.165) is 28.1 Å². The second kappa shape index (κ2) is 7.07. The van der Waals surface area contributed by atoms with E-state index < -0.39 is 5.60 Å².